The highest BCUT2D eigenvalue weighted by Gasteiger charge is 2.34. The molecule has 0 N–H and O–H groups in total. The van der Waals surface area contributed by atoms with Crippen molar-refractivity contribution in [3.63, 3.8) is 0 Å². The lowest BCUT2D eigenvalue weighted by Gasteiger charge is -2.09. The van der Waals surface area contributed by atoms with Crippen molar-refractivity contribution in [3.8, 4) is 5.75 Å². The molecule has 0 amide bonds. The number of ether oxygens (including phenoxy) is 2. The second-order valence-electron chi connectivity index (χ2n) is 4.95. The smallest absolute Gasteiger partial charge is 0.316 e. The molecule has 0 aliphatic carbocycles. The van der Waals surface area contributed by atoms with E-state index in [1.165, 1.54) is 7.11 Å². The van der Waals surface area contributed by atoms with E-state index in [1.807, 2.05) is 6.07 Å². The summed E-state index contributed by atoms with van der Waals surface area (Å²) in [5, 5.41) is 0.387. The van der Waals surface area contributed by atoms with Gasteiger partial charge in [0.25, 0.3) is 0 Å². The van der Waals surface area contributed by atoms with Crippen molar-refractivity contribution in [1.82, 2.24) is 0 Å². The first-order valence-corrected chi connectivity index (χ1v) is 7.13. The normalized spacial score (nSPS) is 15.8. The van der Waals surface area contributed by atoms with Crippen LogP contribution >= 0.6 is 11.6 Å². The van der Waals surface area contributed by atoms with Gasteiger partial charge in [0.2, 0.25) is 0 Å². The Morgan fingerprint density at radius 3 is 2.64 bits per heavy atom. The molecule has 0 spiro atoms. The summed E-state index contributed by atoms with van der Waals surface area (Å²) in [7, 11) is 1.32. The van der Waals surface area contributed by atoms with E-state index >= 15 is 0 Å². The molecule has 0 fully saturated rings. The Hall–Kier alpha value is -2.33. The fraction of sp³-hybridized carbons (Fsp3) is 0.176. The highest BCUT2D eigenvalue weighted by molar-refractivity contribution is 6.31. The van der Waals surface area contributed by atoms with Crippen LogP contribution < -0.4 is 4.74 Å². The van der Waals surface area contributed by atoms with Crippen molar-refractivity contribution < 1.29 is 19.1 Å². The number of esters is 1. The van der Waals surface area contributed by atoms with Crippen molar-refractivity contribution in [2.75, 3.05) is 13.7 Å². The second-order valence-corrected chi connectivity index (χ2v) is 5.39. The number of fused-ring (bicyclic) bond motifs is 1. The number of hydrogen-bond donors (Lipinski definition) is 0. The van der Waals surface area contributed by atoms with Gasteiger partial charge in [-0.15, -0.1) is 0 Å². The molecule has 2 aromatic rings. The highest BCUT2D eigenvalue weighted by Crippen LogP contribution is 2.40. The molecular weight excluding hydrogens is 304 g/mol. The van der Waals surface area contributed by atoms with E-state index in [4.69, 9.17) is 21.1 Å². The molecular formula is C17H13ClO4. The Morgan fingerprint density at radius 2 is 1.95 bits per heavy atom. The summed E-state index contributed by atoms with van der Waals surface area (Å²) in [5.41, 5.74) is 1.50. The molecule has 22 heavy (non-hydrogen) atoms. The Bertz CT molecular complexity index is 740. The fourth-order valence-corrected chi connectivity index (χ4v) is 2.77. The summed E-state index contributed by atoms with van der Waals surface area (Å²) >= 11 is 6.11. The number of halogens is 1. The third-order valence-electron chi connectivity index (χ3n) is 3.62. The molecule has 1 unspecified atom stereocenters. The summed E-state index contributed by atoms with van der Waals surface area (Å²) in [6.07, 6.45) is 0. The molecule has 3 rings (SSSR count). The molecule has 112 valence electrons. The average Bonchev–Trinajstić information content (AvgIpc) is 2.97. The number of benzene rings is 2. The van der Waals surface area contributed by atoms with Crippen LogP contribution in [0.1, 0.15) is 27.4 Å². The fourth-order valence-electron chi connectivity index (χ4n) is 2.54. The molecule has 1 atom stereocenters. The van der Waals surface area contributed by atoms with E-state index in [-0.39, 0.29) is 12.4 Å². The maximum Gasteiger partial charge on any atom is 0.316 e. The molecule has 1 aliphatic rings. The first-order chi connectivity index (χ1) is 10.6. The number of carbonyl (C=O) groups is 2. The van der Waals surface area contributed by atoms with E-state index in [0.717, 1.165) is 0 Å². The number of hydrogen-bond acceptors (Lipinski definition) is 4. The SMILES string of the molecule is COC(=O)C1COc2c(C(=O)c3ccccc3)cc(Cl)cc21. The van der Waals surface area contributed by atoms with Gasteiger partial charge in [-0.1, -0.05) is 41.9 Å². The molecule has 0 saturated heterocycles. The van der Waals surface area contributed by atoms with E-state index in [0.29, 0.717) is 27.5 Å². The van der Waals surface area contributed by atoms with E-state index < -0.39 is 11.9 Å². The van der Waals surface area contributed by atoms with Crippen LogP contribution in [0.25, 0.3) is 0 Å². The van der Waals surface area contributed by atoms with E-state index in [1.54, 1.807) is 36.4 Å². The van der Waals surface area contributed by atoms with Crippen LogP contribution in [0, 0.1) is 0 Å². The molecule has 0 bridgehead atoms. The molecule has 2 aromatic carbocycles. The predicted molar refractivity (Wildman–Crippen MR) is 81.6 cm³/mol. The predicted octanol–water partition coefficient (Wildman–Crippen LogP) is 3.22. The summed E-state index contributed by atoms with van der Waals surface area (Å²) < 4.78 is 10.4. The zero-order valence-electron chi connectivity index (χ0n) is 11.8. The Balaban J connectivity index is 2.08. The summed E-state index contributed by atoms with van der Waals surface area (Å²) in [6, 6.07) is 12.1. The van der Waals surface area contributed by atoms with E-state index in [9.17, 15) is 9.59 Å². The third kappa shape index (κ3) is 2.46. The molecule has 0 saturated carbocycles. The Kier molecular flexibility index (Phi) is 3.86. The van der Waals surface area contributed by atoms with E-state index in [2.05, 4.69) is 0 Å². The average molecular weight is 317 g/mol. The van der Waals surface area contributed by atoms with Crippen molar-refractivity contribution in [2.24, 2.45) is 0 Å². The van der Waals surface area contributed by atoms with Crippen LogP contribution in [0.15, 0.2) is 42.5 Å². The minimum absolute atomic E-state index is 0.150. The van der Waals surface area contributed by atoms with Gasteiger partial charge in [-0.05, 0) is 12.1 Å². The molecule has 1 aliphatic heterocycles. The lowest BCUT2D eigenvalue weighted by Crippen LogP contribution is -2.15. The Labute approximate surface area is 132 Å². The van der Waals surface area contributed by atoms with Crippen LogP contribution in [0.3, 0.4) is 0 Å². The zero-order chi connectivity index (χ0) is 15.7. The quantitative estimate of drug-likeness (QED) is 0.644. The minimum Gasteiger partial charge on any atom is -0.491 e. The second kappa shape index (κ2) is 5.81. The van der Waals surface area contributed by atoms with Crippen molar-refractivity contribution in [2.45, 2.75) is 5.92 Å². The number of rotatable bonds is 3. The van der Waals surface area contributed by atoms with Crippen molar-refractivity contribution in [1.29, 1.82) is 0 Å². The highest BCUT2D eigenvalue weighted by atomic mass is 35.5. The van der Waals surface area contributed by atoms with Gasteiger partial charge in [0.1, 0.15) is 18.3 Å². The monoisotopic (exact) mass is 316 g/mol. The molecule has 5 heteroatoms. The molecule has 4 nitrogen and oxygen atoms in total. The first kappa shape index (κ1) is 14.6. The lowest BCUT2D eigenvalue weighted by atomic mass is 9.95. The van der Waals surface area contributed by atoms with Gasteiger partial charge in [0, 0.05) is 16.1 Å². The number of ketones is 1. The molecule has 0 aromatic heterocycles. The van der Waals surface area contributed by atoms with Gasteiger partial charge in [-0.2, -0.15) is 0 Å². The van der Waals surface area contributed by atoms with Gasteiger partial charge in [0.05, 0.1) is 12.7 Å². The molecule has 1 heterocycles. The standard InChI is InChI=1S/C17H13ClO4/c1-21-17(20)14-9-22-16-12(14)7-11(18)8-13(16)15(19)10-5-3-2-4-6-10/h2-8,14H,9H2,1H3. The number of methoxy groups -OCH3 is 1. The lowest BCUT2D eigenvalue weighted by molar-refractivity contribution is -0.142. The summed E-state index contributed by atoms with van der Waals surface area (Å²) in [6.45, 7) is 0.150. The Morgan fingerprint density at radius 1 is 1.23 bits per heavy atom. The zero-order valence-corrected chi connectivity index (χ0v) is 12.6. The van der Waals surface area contributed by atoms with Gasteiger partial charge in [-0.25, -0.2) is 0 Å². The van der Waals surface area contributed by atoms with Gasteiger partial charge < -0.3 is 9.47 Å². The topological polar surface area (TPSA) is 52.6 Å². The van der Waals surface area contributed by atoms with Crippen LogP contribution in [-0.2, 0) is 9.53 Å². The largest absolute Gasteiger partial charge is 0.491 e. The third-order valence-corrected chi connectivity index (χ3v) is 3.84. The minimum atomic E-state index is -0.555. The van der Waals surface area contributed by atoms with Crippen molar-refractivity contribution in [3.05, 3.63) is 64.2 Å². The maximum absolute atomic E-state index is 12.6. The van der Waals surface area contributed by atoms with Crippen LogP contribution in [0.2, 0.25) is 5.02 Å². The summed E-state index contributed by atoms with van der Waals surface area (Å²) in [4.78, 5) is 24.5. The van der Waals surface area contributed by atoms with Gasteiger partial charge in [0.15, 0.2) is 5.78 Å². The van der Waals surface area contributed by atoms with Crippen LogP contribution in [0.4, 0.5) is 0 Å². The summed E-state index contributed by atoms with van der Waals surface area (Å²) in [5.74, 6) is -0.737. The van der Waals surface area contributed by atoms with Crippen LogP contribution in [0.5, 0.6) is 5.75 Å². The van der Waals surface area contributed by atoms with Gasteiger partial charge >= 0.3 is 5.97 Å². The first-order valence-electron chi connectivity index (χ1n) is 6.75. The van der Waals surface area contributed by atoms with Gasteiger partial charge in [-0.3, -0.25) is 9.59 Å². The van der Waals surface area contributed by atoms with Crippen molar-refractivity contribution >= 4 is 23.4 Å². The molecule has 0 radical (unpaired) electrons. The number of carbonyl (C=O) groups excluding carboxylic acids is 2. The van der Waals surface area contributed by atoms with Crippen LogP contribution in [-0.4, -0.2) is 25.5 Å². The maximum atomic E-state index is 12.6.